The summed E-state index contributed by atoms with van der Waals surface area (Å²) in [5, 5.41) is 3.46. The molecule has 0 aromatic heterocycles. The van der Waals surface area contributed by atoms with E-state index in [2.05, 4.69) is 5.32 Å². The Hall–Kier alpha value is -2.04. The Morgan fingerprint density at radius 2 is 1.95 bits per heavy atom. The van der Waals surface area contributed by atoms with Gasteiger partial charge in [-0.3, -0.25) is 4.79 Å². The quantitative estimate of drug-likeness (QED) is 0.634. The molecule has 110 valence electrons. The molecule has 0 fully saturated rings. The number of nitrogens with two attached hydrogens (primary N) is 1. The highest BCUT2D eigenvalue weighted by molar-refractivity contribution is 6.30. The van der Waals surface area contributed by atoms with Gasteiger partial charge >= 0.3 is 0 Å². The van der Waals surface area contributed by atoms with Gasteiger partial charge in [0.05, 0.1) is 19.6 Å². The summed E-state index contributed by atoms with van der Waals surface area (Å²) >= 11 is 5.88. The van der Waals surface area contributed by atoms with Gasteiger partial charge in [0.1, 0.15) is 0 Å². The number of hydrogen-bond donors (Lipinski definition) is 2. The number of amides is 1. The van der Waals surface area contributed by atoms with Crippen LogP contribution < -0.4 is 11.1 Å². The van der Waals surface area contributed by atoms with Gasteiger partial charge < -0.3 is 15.8 Å². The van der Waals surface area contributed by atoms with E-state index in [4.69, 9.17) is 22.1 Å². The van der Waals surface area contributed by atoms with Gasteiger partial charge in [0.25, 0.3) is 0 Å². The van der Waals surface area contributed by atoms with Gasteiger partial charge in [0.2, 0.25) is 5.91 Å². The monoisotopic (exact) mass is 304 g/mol. The normalized spacial score (nSPS) is 10.3. The number of ether oxygens (including phenoxy) is 1. The van der Waals surface area contributed by atoms with E-state index in [-0.39, 0.29) is 5.91 Å². The average molecular weight is 305 g/mol. The largest absolute Gasteiger partial charge is 0.399 e. The molecule has 3 N–H and O–H groups in total. The molecule has 0 saturated heterocycles. The van der Waals surface area contributed by atoms with Crippen molar-refractivity contribution in [3.63, 3.8) is 0 Å². The van der Waals surface area contributed by atoms with Gasteiger partial charge in [0, 0.05) is 16.4 Å². The van der Waals surface area contributed by atoms with Crippen molar-refractivity contribution in [1.82, 2.24) is 0 Å². The first-order valence-electron chi connectivity index (χ1n) is 6.61. The third-order valence-electron chi connectivity index (χ3n) is 2.83. The Morgan fingerprint density at radius 3 is 2.67 bits per heavy atom. The second kappa shape index (κ2) is 7.67. The summed E-state index contributed by atoms with van der Waals surface area (Å²) < 4.78 is 5.46. The first-order chi connectivity index (χ1) is 10.1. The molecule has 2 rings (SSSR count). The maximum absolute atomic E-state index is 11.7. The van der Waals surface area contributed by atoms with Crippen LogP contribution in [0.1, 0.15) is 12.0 Å². The van der Waals surface area contributed by atoms with Crippen LogP contribution in [-0.2, 0) is 16.1 Å². The number of carbonyl (C=O) groups is 1. The van der Waals surface area contributed by atoms with Crippen LogP contribution in [0.4, 0.5) is 11.4 Å². The summed E-state index contributed by atoms with van der Waals surface area (Å²) in [6.07, 6.45) is 0.297. The van der Waals surface area contributed by atoms with Crippen LogP contribution in [0, 0.1) is 0 Å². The van der Waals surface area contributed by atoms with Crippen molar-refractivity contribution in [2.24, 2.45) is 0 Å². The molecule has 0 spiro atoms. The zero-order chi connectivity index (χ0) is 15.1. The second-order valence-corrected chi connectivity index (χ2v) is 5.04. The van der Waals surface area contributed by atoms with Crippen LogP contribution in [0.3, 0.4) is 0 Å². The lowest BCUT2D eigenvalue weighted by Crippen LogP contribution is -2.14. The average Bonchev–Trinajstić information content (AvgIpc) is 2.46. The van der Waals surface area contributed by atoms with Crippen molar-refractivity contribution in [3.05, 3.63) is 59.1 Å². The topological polar surface area (TPSA) is 64.3 Å². The minimum absolute atomic E-state index is 0.0918. The Labute approximate surface area is 128 Å². The molecule has 21 heavy (non-hydrogen) atoms. The molecular weight excluding hydrogens is 288 g/mol. The number of anilines is 2. The van der Waals surface area contributed by atoms with E-state index in [0.717, 1.165) is 11.3 Å². The van der Waals surface area contributed by atoms with E-state index in [1.165, 1.54) is 0 Å². The molecule has 0 unspecified atom stereocenters. The number of nitrogen functional groups attached to an aromatic ring is 1. The van der Waals surface area contributed by atoms with Crippen LogP contribution >= 0.6 is 11.6 Å². The van der Waals surface area contributed by atoms with Crippen molar-refractivity contribution in [2.45, 2.75) is 13.0 Å². The molecule has 0 atom stereocenters. The maximum Gasteiger partial charge on any atom is 0.226 e. The Bertz CT molecular complexity index is 599. The third kappa shape index (κ3) is 5.45. The Kier molecular flexibility index (Phi) is 5.60. The van der Waals surface area contributed by atoms with Crippen LogP contribution in [0.5, 0.6) is 0 Å². The van der Waals surface area contributed by atoms with Gasteiger partial charge in [-0.05, 0) is 42.0 Å². The van der Waals surface area contributed by atoms with Crippen molar-refractivity contribution >= 4 is 28.9 Å². The summed E-state index contributed by atoms with van der Waals surface area (Å²) in [6, 6.07) is 14.5. The number of rotatable bonds is 6. The van der Waals surface area contributed by atoms with Crippen molar-refractivity contribution in [3.8, 4) is 0 Å². The maximum atomic E-state index is 11.7. The number of nitrogens with one attached hydrogen (secondary N) is 1. The van der Waals surface area contributed by atoms with Gasteiger partial charge in [-0.2, -0.15) is 0 Å². The fourth-order valence-electron chi connectivity index (χ4n) is 1.77. The molecule has 0 bridgehead atoms. The first kappa shape index (κ1) is 15.4. The zero-order valence-corrected chi connectivity index (χ0v) is 12.3. The number of carbonyl (C=O) groups excluding carboxylic acids is 1. The predicted molar refractivity (Wildman–Crippen MR) is 85.2 cm³/mol. The van der Waals surface area contributed by atoms with Crippen LogP contribution in [-0.4, -0.2) is 12.5 Å². The molecule has 0 saturated carbocycles. The first-order valence-corrected chi connectivity index (χ1v) is 6.99. The van der Waals surface area contributed by atoms with Gasteiger partial charge in [0.15, 0.2) is 0 Å². The van der Waals surface area contributed by atoms with Gasteiger partial charge in [-0.1, -0.05) is 23.7 Å². The van der Waals surface area contributed by atoms with Crippen molar-refractivity contribution < 1.29 is 9.53 Å². The molecule has 5 heteroatoms. The summed E-state index contributed by atoms with van der Waals surface area (Å²) in [6.45, 7) is 0.795. The highest BCUT2D eigenvalue weighted by Gasteiger charge is 2.02. The van der Waals surface area contributed by atoms with E-state index in [1.54, 1.807) is 24.3 Å². The second-order valence-electron chi connectivity index (χ2n) is 4.60. The highest BCUT2D eigenvalue weighted by atomic mass is 35.5. The smallest absolute Gasteiger partial charge is 0.226 e. The Morgan fingerprint density at radius 1 is 1.19 bits per heavy atom. The minimum Gasteiger partial charge on any atom is -0.399 e. The Balaban J connectivity index is 1.68. The molecule has 1 amide bonds. The molecule has 0 aliphatic heterocycles. The predicted octanol–water partition coefficient (Wildman–Crippen LogP) is 3.47. The minimum atomic E-state index is -0.0918. The molecule has 0 aliphatic rings. The molecule has 4 nitrogen and oxygen atoms in total. The fraction of sp³-hybridized carbons (Fsp3) is 0.188. The molecule has 2 aromatic rings. The summed E-state index contributed by atoms with van der Waals surface area (Å²) in [4.78, 5) is 11.7. The van der Waals surface area contributed by atoms with E-state index >= 15 is 0 Å². The van der Waals surface area contributed by atoms with E-state index in [9.17, 15) is 4.79 Å². The van der Waals surface area contributed by atoms with E-state index < -0.39 is 0 Å². The van der Waals surface area contributed by atoms with Crippen LogP contribution in [0.25, 0.3) is 0 Å². The SMILES string of the molecule is Nc1ccc(NC(=O)CCOCc2cccc(Cl)c2)cc1. The molecule has 0 aliphatic carbocycles. The van der Waals surface area contributed by atoms with Gasteiger partial charge in [-0.15, -0.1) is 0 Å². The fourth-order valence-corrected chi connectivity index (χ4v) is 1.98. The third-order valence-corrected chi connectivity index (χ3v) is 3.06. The summed E-state index contributed by atoms with van der Waals surface area (Å²) in [5.41, 5.74) is 7.96. The lowest BCUT2D eigenvalue weighted by Gasteiger charge is -2.07. The van der Waals surface area contributed by atoms with Crippen LogP contribution in [0.15, 0.2) is 48.5 Å². The molecular formula is C16H17ClN2O2. The number of halogens is 1. The standard InChI is InChI=1S/C16H17ClN2O2/c17-13-3-1-2-12(10-13)11-21-9-8-16(20)19-15-6-4-14(18)5-7-15/h1-7,10H,8-9,11,18H2,(H,19,20). The highest BCUT2D eigenvalue weighted by Crippen LogP contribution is 2.12. The lowest BCUT2D eigenvalue weighted by molar-refractivity contribution is -0.117. The molecule has 0 radical (unpaired) electrons. The summed E-state index contributed by atoms with van der Waals surface area (Å²) in [7, 11) is 0. The molecule has 0 heterocycles. The molecule has 2 aromatic carbocycles. The number of benzene rings is 2. The van der Waals surface area contributed by atoms with Crippen molar-refractivity contribution in [1.29, 1.82) is 0 Å². The van der Waals surface area contributed by atoms with Gasteiger partial charge in [-0.25, -0.2) is 0 Å². The summed E-state index contributed by atoms with van der Waals surface area (Å²) in [5.74, 6) is -0.0918. The number of hydrogen-bond acceptors (Lipinski definition) is 3. The van der Waals surface area contributed by atoms with Crippen LogP contribution in [0.2, 0.25) is 5.02 Å². The van der Waals surface area contributed by atoms with Crippen molar-refractivity contribution in [2.75, 3.05) is 17.7 Å². The van der Waals surface area contributed by atoms with E-state index in [0.29, 0.717) is 30.3 Å². The van der Waals surface area contributed by atoms with E-state index in [1.807, 2.05) is 24.3 Å². The zero-order valence-electron chi connectivity index (χ0n) is 11.5. The lowest BCUT2D eigenvalue weighted by atomic mass is 10.2.